The number of hydrogen-bond donors (Lipinski definition) is 1. The monoisotopic (exact) mass is 238 g/mol. The summed E-state index contributed by atoms with van der Waals surface area (Å²) >= 11 is 3.41. The SMILES string of the molecule is Brc1cccc(/C=N/NC2CC2)c1. The zero-order valence-electron chi connectivity index (χ0n) is 7.20. The van der Waals surface area contributed by atoms with E-state index in [9.17, 15) is 0 Å². The lowest BCUT2D eigenvalue weighted by atomic mass is 10.2. The van der Waals surface area contributed by atoms with Crippen LogP contribution in [-0.4, -0.2) is 12.3 Å². The summed E-state index contributed by atoms with van der Waals surface area (Å²) in [6.45, 7) is 0. The van der Waals surface area contributed by atoms with Crippen LogP contribution in [0.3, 0.4) is 0 Å². The average molecular weight is 239 g/mol. The molecule has 2 rings (SSSR count). The second kappa shape index (κ2) is 3.92. The van der Waals surface area contributed by atoms with Gasteiger partial charge in [0, 0.05) is 10.5 Å². The minimum absolute atomic E-state index is 0.628. The molecule has 1 aromatic rings. The Morgan fingerprint density at radius 3 is 3.00 bits per heavy atom. The number of hydrazone groups is 1. The Kier molecular flexibility index (Phi) is 2.64. The highest BCUT2D eigenvalue weighted by molar-refractivity contribution is 9.10. The van der Waals surface area contributed by atoms with Gasteiger partial charge in [0.2, 0.25) is 0 Å². The predicted octanol–water partition coefficient (Wildman–Crippen LogP) is 2.54. The highest BCUT2D eigenvalue weighted by atomic mass is 79.9. The molecule has 68 valence electrons. The molecule has 13 heavy (non-hydrogen) atoms. The van der Waals surface area contributed by atoms with Crippen LogP contribution in [-0.2, 0) is 0 Å². The summed E-state index contributed by atoms with van der Waals surface area (Å²) in [5.74, 6) is 0. The fourth-order valence-electron chi connectivity index (χ4n) is 1.02. The maximum atomic E-state index is 4.15. The summed E-state index contributed by atoms with van der Waals surface area (Å²) in [6, 6.07) is 8.71. The van der Waals surface area contributed by atoms with Crippen LogP contribution in [0, 0.1) is 0 Å². The van der Waals surface area contributed by atoms with Crippen molar-refractivity contribution in [2.45, 2.75) is 18.9 Å². The van der Waals surface area contributed by atoms with Gasteiger partial charge in [-0.15, -0.1) is 0 Å². The fraction of sp³-hybridized carbons (Fsp3) is 0.300. The van der Waals surface area contributed by atoms with Crippen molar-refractivity contribution in [3.8, 4) is 0 Å². The normalized spacial score (nSPS) is 16.4. The van der Waals surface area contributed by atoms with Crippen LogP contribution in [0.5, 0.6) is 0 Å². The molecular weight excluding hydrogens is 228 g/mol. The summed E-state index contributed by atoms with van der Waals surface area (Å²) in [7, 11) is 0. The lowest BCUT2D eigenvalue weighted by Crippen LogP contribution is -2.07. The lowest BCUT2D eigenvalue weighted by Gasteiger charge is -1.95. The molecule has 0 bridgehead atoms. The van der Waals surface area contributed by atoms with Gasteiger partial charge in [0.25, 0.3) is 0 Å². The highest BCUT2D eigenvalue weighted by Gasteiger charge is 2.19. The number of benzene rings is 1. The largest absolute Gasteiger partial charge is 0.307 e. The van der Waals surface area contributed by atoms with Crippen LogP contribution in [0.1, 0.15) is 18.4 Å². The minimum atomic E-state index is 0.628. The zero-order chi connectivity index (χ0) is 9.10. The molecule has 0 aliphatic heterocycles. The van der Waals surface area contributed by atoms with E-state index in [1.54, 1.807) is 0 Å². The number of hydrogen-bond acceptors (Lipinski definition) is 2. The zero-order valence-corrected chi connectivity index (χ0v) is 8.79. The third kappa shape index (κ3) is 2.84. The smallest absolute Gasteiger partial charge is 0.0540 e. The maximum Gasteiger partial charge on any atom is 0.0540 e. The molecule has 1 N–H and O–H groups in total. The van der Waals surface area contributed by atoms with Gasteiger partial charge in [0.05, 0.1) is 6.21 Å². The molecule has 1 fully saturated rings. The van der Waals surface area contributed by atoms with Gasteiger partial charge in [-0.25, -0.2) is 0 Å². The van der Waals surface area contributed by atoms with Crippen LogP contribution < -0.4 is 5.43 Å². The van der Waals surface area contributed by atoms with Gasteiger partial charge in [-0.2, -0.15) is 5.10 Å². The average Bonchev–Trinajstić information content (AvgIpc) is 2.88. The van der Waals surface area contributed by atoms with E-state index in [0.29, 0.717) is 6.04 Å². The first kappa shape index (κ1) is 8.75. The molecule has 0 aromatic heterocycles. The number of halogens is 1. The third-order valence-electron chi connectivity index (χ3n) is 1.90. The van der Waals surface area contributed by atoms with Crippen molar-refractivity contribution in [3.05, 3.63) is 34.3 Å². The molecular formula is C10H11BrN2. The quantitative estimate of drug-likeness (QED) is 0.636. The topological polar surface area (TPSA) is 24.4 Å². The van der Waals surface area contributed by atoms with Crippen LogP contribution in [0.2, 0.25) is 0 Å². The van der Waals surface area contributed by atoms with E-state index in [2.05, 4.69) is 26.5 Å². The van der Waals surface area contributed by atoms with Crippen molar-refractivity contribution in [1.82, 2.24) is 5.43 Å². The predicted molar refractivity (Wildman–Crippen MR) is 57.9 cm³/mol. The number of nitrogens with zero attached hydrogens (tertiary/aromatic N) is 1. The van der Waals surface area contributed by atoms with Crippen molar-refractivity contribution in [2.24, 2.45) is 5.10 Å². The summed E-state index contributed by atoms with van der Waals surface area (Å²) < 4.78 is 1.09. The van der Waals surface area contributed by atoms with Gasteiger partial charge in [0.1, 0.15) is 0 Å². The summed E-state index contributed by atoms with van der Waals surface area (Å²) in [4.78, 5) is 0. The van der Waals surface area contributed by atoms with E-state index in [4.69, 9.17) is 0 Å². The second-order valence-electron chi connectivity index (χ2n) is 3.22. The lowest BCUT2D eigenvalue weighted by molar-refractivity contribution is 0.741. The molecule has 0 heterocycles. The highest BCUT2D eigenvalue weighted by Crippen LogP contribution is 2.18. The molecule has 1 saturated carbocycles. The van der Waals surface area contributed by atoms with E-state index in [1.165, 1.54) is 12.8 Å². The molecule has 2 nitrogen and oxygen atoms in total. The van der Waals surface area contributed by atoms with Gasteiger partial charge in [0.15, 0.2) is 0 Å². The molecule has 0 saturated heterocycles. The molecule has 1 aliphatic carbocycles. The van der Waals surface area contributed by atoms with E-state index < -0.39 is 0 Å². The first-order chi connectivity index (χ1) is 6.34. The van der Waals surface area contributed by atoms with Crippen LogP contribution in [0.15, 0.2) is 33.8 Å². The Morgan fingerprint density at radius 2 is 2.31 bits per heavy atom. The molecule has 3 heteroatoms. The molecule has 0 atom stereocenters. The van der Waals surface area contributed by atoms with Gasteiger partial charge in [-0.3, -0.25) is 0 Å². The fourth-order valence-corrected chi connectivity index (χ4v) is 1.43. The summed E-state index contributed by atoms with van der Waals surface area (Å²) in [6.07, 6.45) is 4.37. The van der Waals surface area contributed by atoms with Crippen molar-refractivity contribution < 1.29 is 0 Å². The van der Waals surface area contributed by atoms with Crippen LogP contribution in [0.25, 0.3) is 0 Å². The molecule has 0 radical (unpaired) electrons. The Morgan fingerprint density at radius 1 is 1.46 bits per heavy atom. The first-order valence-electron chi connectivity index (χ1n) is 4.39. The Bertz CT molecular complexity index is 318. The summed E-state index contributed by atoms with van der Waals surface area (Å²) in [5, 5.41) is 4.15. The maximum absolute atomic E-state index is 4.15. The molecule has 1 aliphatic rings. The Balaban J connectivity index is 1.95. The Labute approximate surface area is 86.2 Å². The molecule has 0 unspecified atom stereocenters. The third-order valence-corrected chi connectivity index (χ3v) is 2.39. The molecule has 0 spiro atoms. The van der Waals surface area contributed by atoms with Crippen molar-refractivity contribution in [1.29, 1.82) is 0 Å². The van der Waals surface area contributed by atoms with E-state index in [-0.39, 0.29) is 0 Å². The standard InChI is InChI=1S/C10H11BrN2/c11-9-3-1-2-8(6-9)7-12-13-10-4-5-10/h1-3,6-7,10,13H,4-5H2/b12-7+. The van der Waals surface area contributed by atoms with Crippen LogP contribution >= 0.6 is 15.9 Å². The minimum Gasteiger partial charge on any atom is -0.307 e. The van der Waals surface area contributed by atoms with Gasteiger partial charge in [-0.05, 0) is 30.5 Å². The summed E-state index contributed by atoms with van der Waals surface area (Å²) in [5.41, 5.74) is 4.19. The van der Waals surface area contributed by atoms with Gasteiger partial charge in [-0.1, -0.05) is 28.1 Å². The number of nitrogens with one attached hydrogen (secondary N) is 1. The first-order valence-corrected chi connectivity index (χ1v) is 5.18. The van der Waals surface area contributed by atoms with Crippen LogP contribution in [0.4, 0.5) is 0 Å². The number of rotatable bonds is 3. The van der Waals surface area contributed by atoms with E-state index in [1.807, 2.05) is 30.5 Å². The Hall–Kier alpha value is -0.830. The van der Waals surface area contributed by atoms with Crippen molar-refractivity contribution in [3.63, 3.8) is 0 Å². The molecule has 1 aromatic carbocycles. The van der Waals surface area contributed by atoms with Gasteiger partial charge < -0.3 is 5.43 Å². The second-order valence-corrected chi connectivity index (χ2v) is 4.13. The van der Waals surface area contributed by atoms with Crippen molar-refractivity contribution in [2.75, 3.05) is 0 Å². The van der Waals surface area contributed by atoms with Crippen molar-refractivity contribution >= 4 is 22.1 Å². The van der Waals surface area contributed by atoms with E-state index >= 15 is 0 Å². The molecule has 0 amide bonds. The van der Waals surface area contributed by atoms with E-state index in [0.717, 1.165) is 10.0 Å². The van der Waals surface area contributed by atoms with Gasteiger partial charge >= 0.3 is 0 Å².